The average Bonchev–Trinajstić information content (AvgIpc) is 2.29. The van der Waals surface area contributed by atoms with Crippen LogP contribution in [0.2, 0.25) is 0 Å². The molecule has 16 heavy (non-hydrogen) atoms. The van der Waals surface area contributed by atoms with E-state index in [1.807, 2.05) is 6.08 Å². The van der Waals surface area contributed by atoms with E-state index in [1.165, 1.54) is 16.7 Å². The summed E-state index contributed by atoms with van der Waals surface area (Å²) < 4.78 is 0. The third-order valence-electron chi connectivity index (χ3n) is 2.97. The van der Waals surface area contributed by atoms with Crippen LogP contribution in [0.25, 0.3) is 0 Å². The Kier molecular flexibility index (Phi) is 5.27. The quantitative estimate of drug-likeness (QED) is 0.720. The summed E-state index contributed by atoms with van der Waals surface area (Å²) in [6.07, 6.45) is 4.20. The van der Waals surface area contributed by atoms with Crippen LogP contribution in [-0.2, 0) is 6.42 Å². The summed E-state index contributed by atoms with van der Waals surface area (Å²) in [6, 6.07) is 7.08. The second kappa shape index (κ2) is 6.49. The fourth-order valence-electron chi connectivity index (χ4n) is 1.75. The lowest BCUT2D eigenvalue weighted by molar-refractivity contribution is 0.585. The first-order chi connectivity index (χ1) is 7.67. The summed E-state index contributed by atoms with van der Waals surface area (Å²) in [5.41, 5.74) is 4.12. The second-order valence-corrected chi connectivity index (χ2v) is 4.42. The van der Waals surface area contributed by atoms with Gasteiger partial charge >= 0.3 is 0 Å². The maximum atomic E-state index is 3.89. The first-order valence-electron chi connectivity index (χ1n) is 6.09. The van der Waals surface area contributed by atoms with Crippen LogP contribution in [0.1, 0.15) is 30.0 Å². The fraction of sp³-hybridized carbons (Fsp3) is 0.467. The van der Waals surface area contributed by atoms with Crippen LogP contribution in [0.3, 0.4) is 0 Å². The van der Waals surface area contributed by atoms with Gasteiger partial charge in [0.2, 0.25) is 0 Å². The van der Waals surface area contributed by atoms with E-state index in [1.54, 1.807) is 0 Å². The Bertz CT molecular complexity index is 341. The number of hydrogen-bond acceptors (Lipinski definition) is 1. The first kappa shape index (κ1) is 13.0. The van der Waals surface area contributed by atoms with Crippen molar-refractivity contribution in [3.63, 3.8) is 0 Å². The van der Waals surface area contributed by atoms with Gasteiger partial charge in [0.05, 0.1) is 0 Å². The van der Waals surface area contributed by atoms with Gasteiger partial charge in [0, 0.05) is 6.04 Å². The van der Waals surface area contributed by atoms with Gasteiger partial charge in [-0.25, -0.2) is 0 Å². The molecule has 1 nitrogen and oxygen atoms in total. The van der Waals surface area contributed by atoms with Crippen LogP contribution in [0.15, 0.2) is 30.9 Å². The minimum Gasteiger partial charge on any atom is -0.310 e. The highest BCUT2D eigenvalue weighted by molar-refractivity contribution is 5.30. The van der Waals surface area contributed by atoms with E-state index < -0.39 is 0 Å². The molecule has 1 unspecified atom stereocenters. The van der Waals surface area contributed by atoms with Gasteiger partial charge in [-0.2, -0.15) is 0 Å². The van der Waals surface area contributed by atoms with Gasteiger partial charge in [0.1, 0.15) is 0 Å². The number of benzene rings is 1. The molecule has 0 bridgehead atoms. The van der Waals surface area contributed by atoms with E-state index in [4.69, 9.17) is 0 Å². The van der Waals surface area contributed by atoms with E-state index in [0.29, 0.717) is 6.04 Å². The highest BCUT2D eigenvalue weighted by atomic mass is 14.9. The van der Waals surface area contributed by atoms with Crippen molar-refractivity contribution in [1.29, 1.82) is 0 Å². The van der Waals surface area contributed by atoms with Crippen LogP contribution < -0.4 is 5.32 Å². The minimum absolute atomic E-state index is 0.391. The molecule has 0 saturated carbocycles. The Balaban J connectivity index is 2.63. The molecule has 1 aromatic carbocycles. The number of rotatable bonds is 6. The molecule has 0 spiro atoms. The molecule has 1 aromatic rings. The van der Waals surface area contributed by atoms with Gasteiger partial charge in [0.25, 0.3) is 0 Å². The normalized spacial score (nSPS) is 12.4. The van der Waals surface area contributed by atoms with Gasteiger partial charge in [0.15, 0.2) is 0 Å². The van der Waals surface area contributed by atoms with Crippen molar-refractivity contribution in [1.82, 2.24) is 5.32 Å². The zero-order valence-electron chi connectivity index (χ0n) is 10.7. The number of hydrogen-bond donors (Lipinski definition) is 1. The van der Waals surface area contributed by atoms with Crippen molar-refractivity contribution >= 4 is 0 Å². The summed E-state index contributed by atoms with van der Waals surface area (Å²) in [5, 5.41) is 3.48. The molecule has 88 valence electrons. The van der Waals surface area contributed by atoms with Crippen molar-refractivity contribution in [2.75, 3.05) is 6.54 Å². The van der Waals surface area contributed by atoms with Crippen molar-refractivity contribution in [2.45, 2.75) is 39.7 Å². The van der Waals surface area contributed by atoms with E-state index in [0.717, 1.165) is 19.4 Å². The monoisotopic (exact) mass is 217 g/mol. The molecule has 0 aliphatic carbocycles. The highest BCUT2D eigenvalue weighted by Gasteiger charge is 2.04. The maximum absolute atomic E-state index is 3.89. The molecule has 0 aliphatic rings. The second-order valence-electron chi connectivity index (χ2n) is 4.42. The molecule has 0 amide bonds. The molecule has 1 N–H and O–H groups in total. The third-order valence-corrected chi connectivity index (χ3v) is 2.97. The predicted molar refractivity (Wildman–Crippen MR) is 71.9 cm³/mol. The molecule has 1 atom stereocenters. The molecular weight excluding hydrogens is 194 g/mol. The zero-order valence-corrected chi connectivity index (χ0v) is 10.7. The molecule has 0 heterocycles. The van der Waals surface area contributed by atoms with Gasteiger partial charge in [-0.3, -0.25) is 0 Å². The Labute approximate surface area is 99.6 Å². The lowest BCUT2D eigenvalue weighted by Gasteiger charge is -2.15. The van der Waals surface area contributed by atoms with Gasteiger partial charge in [-0.15, -0.1) is 6.58 Å². The van der Waals surface area contributed by atoms with E-state index >= 15 is 0 Å². The van der Waals surface area contributed by atoms with Crippen molar-refractivity contribution in [2.24, 2.45) is 0 Å². The van der Waals surface area contributed by atoms with Crippen LogP contribution in [-0.4, -0.2) is 12.6 Å². The van der Waals surface area contributed by atoms with Crippen LogP contribution in [0.5, 0.6) is 0 Å². The first-order valence-corrected chi connectivity index (χ1v) is 6.09. The maximum Gasteiger partial charge on any atom is 0.0287 e. The van der Waals surface area contributed by atoms with Crippen LogP contribution >= 0.6 is 0 Å². The third kappa shape index (κ3) is 3.82. The molecular formula is C15H23N. The largest absolute Gasteiger partial charge is 0.310 e. The highest BCUT2D eigenvalue weighted by Crippen LogP contribution is 2.11. The Morgan fingerprint density at radius 3 is 2.62 bits per heavy atom. The predicted octanol–water partition coefficient (Wildman–Crippen LogP) is 3.40. The van der Waals surface area contributed by atoms with Gasteiger partial charge in [-0.05, 0) is 49.9 Å². The topological polar surface area (TPSA) is 12.0 Å². The van der Waals surface area contributed by atoms with E-state index in [9.17, 15) is 0 Å². The lowest BCUT2D eigenvalue weighted by atomic mass is 10.0. The minimum atomic E-state index is 0.391. The average molecular weight is 217 g/mol. The SMILES string of the molecule is C=CC(Cc1ccc(C)c(C)c1)NCCC. The molecule has 0 fully saturated rings. The summed E-state index contributed by atoms with van der Waals surface area (Å²) in [4.78, 5) is 0. The van der Waals surface area contributed by atoms with Crippen LogP contribution in [0, 0.1) is 13.8 Å². The Morgan fingerprint density at radius 2 is 2.06 bits per heavy atom. The van der Waals surface area contributed by atoms with Gasteiger partial charge in [-0.1, -0.05) is 31.2 Å². The zero-order chi connectivity index (χ0) is 12.0. The fourth-order valence-corrected chi connectivity index (χ4v) is 1.75. The Hall–Kier alpha value is -1.08. The summed E-state index contributed by atoms with van der Waals surface area (Å²) >= 11 is 0. The van der Waals surface area contributed by atoms with Crippen molar-refractivity contribution < 1.29 is 0 Å². The lowest BCUT2D eigenvalue weighted by Crippen LogP contribution is -2.29. The smallest absolute Gasteiger partial charge is 0.0287 e. The van der Waals surface area contributed by atoms with Crippen LogP contribution in [0.4, 0.5) is 0 Å². The van der Waals surface area contributed by atoms with E-state index in [-0.39, 0.29) is 0 Å². The molecule has 0 radical (unpaired) electrons. The van der Waals surface area contributed by atoms with E-state index in [2.05, 4.69) is 50.9 Å². The molecule has 1 rings (SSSR count). The Morgan fingerprint density at radius 1 is 1.31 bits per heavy atom. The summed E-state index contributed by atoms with van der Waals surface area (Å²) in [6.45, 7) is 11.4. The van der Waals surface area contributed by atoms with Crippen molar-refractivity contribution in [3.8, 4) is 0 Å². The number of aryl methyl sites for hydroxylation is 2. The molecule has 1 heteroatoms. The summed E-state index contributed by atoms with van der Waals surface area (Å²) in [5.74, 6) is 0. The molecule has 0 aromatic heterocycles. The number of nitrogens with one attached hydrogen (secondary N) is 1. The molecule has 0 saturated heterocycles. The van der Waals surface area contributed by atoms with Gasteiger partial charge < -0.3 is 5.32 Å². The van der Waals surface area contributed by atoms with Crippen molar-refractivity contribution in [3.05, 3.63) is 47.5 Å². The summed E-state index contributed by atoms with van der Waals surface area (Å²) in [7, 11) is 0. The molecule has 0 aliphatic heterocycles. The standard InChI is InChI=1S/C15H23N/c1-5-9-16-15(6-2)11-14-8-7-12(3)13(4)10-14/h6-8,10,15-16H,2,5,9,11H2,1,3-4H3.